The molecule has 1 heterocycles. The standard InChI is InChI=1S/C13H9ClFNO/c1-8-7-16-5-4-10(8)13(17)11-3-2-9(14)6-12(11)15/h2-7H,1H3. The minimum Gasteiger partial charge on any atom is -0.288 e. The highest BCUT2D eigenvalue weighted by Gasteiger charge is 2.15. The summed E-state index contributed by atoms with van der Waals surface area (Å²) in [5, 5.41) is 0.269. The number of halogens is 2. The largest absolute Gasteiger partial charge is 0.288 e. The van der Waals surface area contributed by atoms with Crippen LogP contribution in [0, 0.1) is 12.7 Å². The first-order chi connectivity index (χ1) is 8.09. The van der Waals surface area contributed by atoms with Gasteiger partial charge in [0.05, 0.1) is 5.56 Å². The van der Waals surface area contributed by atoms with Crippen molar-refractivity contribution in [3.63, 3.8) is 0 Å². The molecule has 0 amide bonds. The van der Waals surface area contributed by atoms with Gasteiger partial charge in [-0.2, -0.15) is 0 Å². The summed E-state index contributed by atoms with van der Waals surface area (Å²) in [4.78, 5) is 16.0. The highest BCUT2D eigenvalue weighted by molar-refractivity contribution is 6.30. The SMILES string of the molecule is Cc1cnccc1C(=O)c1ccc(Cl)cc1F. The van der Waals surface area contributed by atoms with Crippen LogP contribution < -0.4 is 0 Å². The number of carbonyl (C=O) groups excluding carboxylic acids is 1. The molecule has 0 atom stereocenters. The van der Waals surface area contributed by atoms with Crippen LogP contribution in [-0.2, 0) is 0 Å². The maximum absolute atomic E-state index is 13.6. The van der Waals surface area contributed by atoms with Crippen LogP contribution in [0.15, 0.2) is 36.7 Å². The van der Waals surface area contributed by atoms with Gasteiger partial charge in [-0.3, -0.25) is 9.78 Å². The monoisotopic (exact) mass is 249 g/mol. The molecule has 86 valence electrons. The molecule has 0 aliphatic rings. The molecule has 0 saturated heterocycles. The Morgan fingerprint density at radius 2 is 2.06 bits per heavy atom. The van der Waals surface area contributed by atoms with E-state index < -0.39 is 5.82 Å². The molecule has 0 aliphatic heterocycles. The van der Waals surface area contributed by atoms with E-state index in [0.29, 0.717) is 11.1 Å². The zero-order valence-corrected chi connectivity index (χ0v) is 9.83. The maximum Gasteiger partial charge on any atom is 0.196 e. The van der Waals surface area contributed by atoms with E-state index in [9.17, 15) is 9.18 Å². The fourth-order valence-electron chi connectivity index (χ4n) is 1.55. The Morgan fingerprint density at radius 3 is 2.71 bits per heavy atom. The number of pyridine rings is 1. The van der Waals surface area contributed by atoms with Crippen molar-refractivity contribution in [3.8, 4) is 0 Å². The second-order valence-corrected chi connectivity index (χ2v) is 4.08. The lowest BCUT2D eigenvalue weighted by Gasteiger charge is -2.05. The molecule has 0 fully saturated rings. The molecule has 2 rings (SSSR count). The molecule has 0 aliphatic carbocycles. The van der Waals surface area contributed by atoms with E-state index >= 15 is 0 Å². The number of rotatable bonds is 2. The molecule has 0 radical (unpaired) electrons. The van der Waals surface area contributed by atoms with E-state index in [0.717, 1.165) is 6.07 Å². The molecule has 17 heavy (non-hydrogen) atoms. The summed E-state index contributed by atoms with van der Waals surface area (Å²) in [6.07, 6.45) is 3.08. The third kappa shape index (κ3) is 2.34. The van der Waals surface area contributed by atoms with Gasteiger partial charge in [-0.05, 0) is 36.8 Å². The third-order valence-electron chi connectivity index (χ3n) is 2.44. The Balaban J connectivity index is 2.48. The third-order valence-corrected chi connectivity index (χ3v) is 2.68. The lowest BCUT2D eigenvalue weighted by molar-refractivity contribution is 0.103. The minimum atomic E-state index is -0.612. The normalized spacial score (nSPS) is 10.3. The number of hydrogen-bond donors (Lipinski definition) is 0. The van der Waals surface area contributed by atoms with Crippen molar-refractivity contribution in [1.82, 2.24) is 4.98 Å². The number of hydrogen-bond acceptors (Lipinski definition) is 2. The smallest absolute Gasteiger partial charge is 0.196 e. The zero-order chi connectivity index (χ0) is 12.4. The minimum absolute atomic E-state index is 0.0173. The summed E-state index contributed by atoms with van der Waals surface area (Å²) in [6, 6.07) is 5.59. The van der Waals surface area contributed by atoms with Crippen molar-refractivity contribution < 1.29 is 9.18 Å². The summed E-state index contributed by atoms with van der Waals surface area (Å²) in [7, 11) is 0. The van der Waals surface area contributed by atoms with Gasteiger partial charge in [0.15, 0.2) is 5.78 Å². The van der Waals surface area contributed by atoms with Crippen molar-refractivity contribution in [3.05, 3.63) is 64.2 Å². The predicted molar refractivity (Wildman–Crippen MR) is 63.8 cm³/mol. The topological polar surface area (TPSA) is 30.0 Å². The van der Waals surface area contributed by atoms with Crippen LogP contribution in [0.4, 0.5) is 4.39 Å². The predicted octanol–water partition coefficient (Wildman–Crippen LogP) is 3.41. The van der Waals surface area contributed by atoms with Gasteiger partial charge >= 0.3 is 0 Å². The second kappa shape index (κ2) is 4.63. The molecule has 2 aromatic rings. The van der Waals surface area contributed by atoms with Crippen LogP contribution in [0.3, 0.4) is 0 Å². The fourth-order valence-corrected chi connectivity index (χ4v) is 1.71. The highest BCUT2D eigenvalue weighted by atomic mass is 35.5. The van der Waals surface area contributed by atoms with Gasteiger partial charge in [0.2, 0.25) is 0 Å². The van der Waals surface area contributed by atoms with E-state index in [1.54, 1.807) is 19.2 Å². The summed E-state index contributed by atoms with van der Waals surface area (Å²) >= 11 is 5.64. The molecule has 1 aromatic heterocycles. The lowest BCUT2D eigenvalue weighted by Crippen LogP contribution is -2.06. The summed E-state index contributed by atoms with van der Waals surface area (Å²) < 4.78 is 13.6. The van der Waals surface area contributed by atoms with E-state index in [2.05, 4.69) is 4.98 Å². The first kappa shape index (κ1) is 11.7. The van der Waals surface area contributed by atoms with Crippen LogP contribution in [0.1, 0.15) is 21.5 Å². The van der Waals surface area contributed by atoms with Crippen LogP contribution in [0.25, 0.3) is 0 Å². The van der Waals surface area contributed by atoms with Gasteiger partial charge in [0.25, 0.3) is 0 Å². The van der Waals surface area contributed by atoms with Crippen molar-refractivity contribution >= 4 is 17.4 Å². The molecule has 2 nitrogen and oxygen atoms in total. The van der Waals surface area contributed by atoms with E-state index in [1.807, 2.05) is 0 Å². The van der Waals surface area contributed by atoms with Crippen LogP contribution in [0.2, 0.25) is 5.02 Å². The average molecular weight is 250 g/mol. The molecular weight excluding hydrogens is 241 g/mol. The van der Waals surface area contributed by atoms with Crippen molar-refractivity contribution in [2.45, 2.75) is 6.92 Å². The first-order valence-corrected chi connectivity index (χ1v) is 5.38. The Kier molecular flexibility index (Phi) is 3.20. The molecule has 1 aromatic carbocycles. The van der Waals surface area contributed by atoms with Gasteiger partial charge in [-0.25, -0.2) is 4.39 Å². The number of nitrogens with zero attached hydrogens (tertiary/aromatic N) is 1. The molecule has 0 bridgehead atoms. The Labute approximate surface area is 103 Å². The van der Waals surface area contributed by atoms with Crippen molar-refractivity contribution in [2.24, 2.45) is 0 Å². The zero-order valence-electron chi connectivity index (χ0n) is 9.08. The Bertz CT molecular complexity index is 583. The van der Waals surface area contributed by atoms with E-state index in [4.69, 9.17) is 11.6 Å². The number of carbonyl (C=O) groups is 1. The summed E-state index contributed by atoms with van der Waals surface area (Å²) in [5.41, 5.74) is 1.18. The van der Waals surface area contributed by atoms with Crippen LogP contribution in [-0.4, -0.2) is 10.8 Å². The maximum atomic E-state index is 13.6. The number of benzene rings is 1. The molecule has 0 saturated carbocycles. The second-order valence-electron chi connectivity index (χ2n) is 3.64. The van der Waals surface area contributed by atoms with Gasteiger partial charge in [-0.1, -0.05) is 11.6 Å². The van der Waals surface area contributed by atoms with Gasteiger partial charge in [0, 0.05) is 23.0 Å². The van der Waals surface area contributed by atoms with Crippen molar-refractivity contribution in [1.29, 1.82) is 0 Å². The van der Waals surface area contributed by atoms with Gasteiger partial charge in [-0.15, -0.1) is 0 Å². The van der Waals surface area contributed by atoms with Crippen molar-refractivity contribution in [2.75, 3.05) is 0 Å². The Hall–Kier alpha value is -1.74. The number of ketones is 1. The van der Waals surface area contributed by atoms with Crippen LogP contribution in [0.5, 0.6) is 0 Å². The summed E-state index contributed by atoms with van der Waals surface area (Å²) in [5.74, 6) is -0.974. The van der Waals surface area contributed by atoms with Gasteiger partial charge < -0.3 is 0 Å². The quantitative estimate of drug-likeness (QED) is 0.764. The molecular formula is C13H9ClFNO. The highest BCUT2D eigenvalue weighted by Crippen LogP contribution is 2.19. The average Bonchev–Trinajstić information content (AvgIpc) is 2.29. The Morgan fingerprint density at radius 1 is 1.29 bits per heavy atom. The van der Waals surface area contributed by atoms with E-state index in [-0.39, 0.29) is 16.4 Å². The molecule has 0 spiro atoms. The van der Waals surface area contributed by atoms with Gasteiger partial charge in [0.1, 0.15) is 5.82 Å². The number of aromatic nitrogens is 1. The van der Waals surface area contributed by atoms with E-state index in [1.165, 1.54) is 18.3 Å². The first-order valence-electron chi connectivity index (χ1n) is 5.00. The number of aryl methyl sites for hydroxylation is 1. The fraction of sp³-hybridized carbons (Fsp3) is 0.0769. The molecule has 0 N–H and O–H groups in total. The molecule has 4 heteroatoms. The molecule has 0 unspecified atom stereocenters. The van der Waals surface area contributed by atoms with Crippen LogP contribution >= 0.6 is 11.6 Å². The lowest BCUT2D eigenvalue weighted by atomic mass is 10.0. The summed E-state index contributed by atoms with van der Waals surface area (Å²) in [6.45, 7) is 1.76.